The summed E-state index contributed by atoms with van der Waals surface area (Å²) < 4.78 is 5.63. The lowest BCUT2D eigenvalue weighted by Gasteiger charge is -2.14. The molecule has 1 N–H and O–H groups in total. The maximum atomic E-state index is 12.1. The van der Waals surface area contributed by atoms with Gasteiger partial charge in [0, 0.05) is 11.5 Å². The molecule has 3 atom stereocenters. The number of hydrogen-bond donors (Lipinski definition) is 1. The molecule has 108 valence electrons. The van der Waals surface area contributed by atoms with Crippen LogP contribution < -0.4 is 4.74 Å². The number of aliphatic carboxylic acids is 1. The first kappa shape index (κ1) is 14.9. The lowest BCUT2D eigenvalue weighted by atomic mass is 10.1. The number of carboxylic acid groups (broad SMARTS) is 1. The molecule has 20 heavy (non-hydrogen) atoms. The van der Waals surface area contributed by atoms with Crippen LogP contribution in [0, 0.1) is 11.8 Å². The van der Waals surface area contributed by atoms with Gasteiger partial charge in [0.05, 0.1) is 17.0 Å². The number of rotatable bonds is 6. The Labute approximate surface area is 122 Å². The van der Waals surface area contributed by atoms with Gasteiger partial charge in [-0.2, -0.15) is 0 Å². The predicted octanol–water partition coefficient (Wildman–Crippen LogP) is 3.42. The Kier molecular flexibility index (Phi) is 4.33. The summed E-state index contributed by atoms with van der Waals surface area (Å²) in [6.45, 7) is 3.95. The average Bonchev–Trinajstić information content (AvgIpc) is 3.20. The number of carbonyl (C=O) groups excluding carboxylic acids is 1. The van der Waals surface area contributed by atoms with Gasteiger partial charge in [-0.25, -0.2) is 0 Å². The smallest absolute Gasteiger partial charge is 0.307 e. The van der Waals surface area contributed by atoms with Crippen molar-refractivity contribution < 1.29 is 19.4 Å². The van der Waals surface area contributed by atoms with Crippen LogP contribution in [0.15, 0.2) is 18.2 Å². The van der Waals surface area contributed by atoms with Crippen LogP contribution in [0.25, 0.3) is 0 Å². The van der Waals surface area contributed by atoms with Gasteiger partial charge in [0.2, 0.25) is 0 Å². The van der Waals surface area contributed by atoms with Crippen molar-refractivity contribution in [3.05, 3.63) is 28.8 Å². The molecule has 0 amide bonds. The minimum Gasteiger partial charge on any atom is -0.489 e. The zero-order chi connectivity index (χ0) is 14.9. The fourth-order valence-electron chi connectivity index (χ4n) is 2.02. The first-order valence-corrected chi connectivity index (χ1v) is 7.05. The van der Waals surface area contributed by atoms with Crippen molar-refractivity contribution in [3.8, 4) is 5.75 Å². The van der Waals surface area contributed by atoms with Crippen LogP contribution in [-0.2, 0) is 4.79 Å². The highest BCUT2D eigenvalue weighted by molar-refractivity contribution is 6.32. The van der Waals surface area contributed by atoms with Gasteiger partial charge in [-0.05, 0) is 38.0 Å². The van der Waals surface area contributed by atoms with E-state index >= 15 is 0 Å². The first-order valence-electron chi connectivity index (χ1n) is 6.67. The highest BCUT2D eigenvalue weighted by Gasteiger charge is 2.48. The number of Topliss-reactive ketones (excluding diaryl/α,β-unsaturated/α-hetero) is 1. The lowest BCUT2D eigenvalue weighted by Crippen LogP contribution is -2.11. The molecule has 1 aliphatic carbocycles. The van der Waals surface area contributed by atoms with Crippen LogP contribution in [0.2, 0.25) is 5.02 Å². The Hall–Kier alpha value is -1.55. The monoisotopic (exact) mass is 296 g/mol. The van der Waals surface area contributed by atoms with Crippen molar-refractivity contribution >= 4 is 23.4 Å². The molecular formula is C15H17ClO4. The van der Waals surface area contributed by atoms with Crippen LogP contribution in [0.4, 0.5) is 0 Å². The van der Waals surface area contributed by atoms with E-state index in [9.17, 15) is 9.59 Å². The summed E-state index contributed by atoms with van der Waals surface area (Å²) in [5, 5.41) is 9.22. The van der Waals surface area contributed by atoms with E-state index < -0.39 is 17.8 Å². The summed E-state index contributed by atoms with van der Waals surface area (Å²) >= 11 is 6.11. The van der Waals surface area contributed by atoms with Crippen molar-refractivity contribution in [2.24, 2.45) is 11.8 Å². The van der Waals surface area contributed by atoms with Crippen LogP contribution in [0.1, 0.15) is 37.0 Å². The molecule has 5 heteroatoms. The van der Waals surface area contributed by atoms with Gasteiger partial charge in [-0.3, -0.25) is 9.59 Å². The van der Waals surface area contributed by atoms with Gasteiger partial charge < -0.3 is 9.84 Å². The number of benzene rings is 1. The van der Waals surface area contributed by atoms with E-state index in [4.69, 9.17) is 21.4 Å². The van der Waals surface area contributed by atoms with Gasteiger partial charge in [0.1, 0.15) is 5.75 Å². The van der Waals surface area contributed by atoms with Crippen molar-refractivity contribution in [2.75, 3.05) is 0 Å². The molecule has 0 saturated heterocycles. The Bertz CT molecular complexity index is 541. The molecule has 0 spiro atoms. The third-order valence-electron chi connectivity index (χ3n) is 3.56. The zero-order valence-corrected chi connectivity index (χ0v) is 12.2. The summed E-state index contributed by atoms with van der Waals surface area (Å²) in [7, 11) is 0. The molecule has 1 fully saturated rings. The van der Waals surface area contributed by atoms with E-state index in [0.717, 1.165) is 6.42 Å². The van der Waals surface area contributed by atoms with Gasteiger partial charge in [-0.1, -0.05) is 18.5 Å². The van der Waals surface area contributed by atoms with Gasteiger partial charge in [-0.15, -0.1) is 0 Å². The average molecular weight is 297 g/mol. The van der Waals surface area contributed by atoms with Crippen molar-refractivity contribution in [2.45, 2.75) is 32.8 Å². The molecule has 0 aliphatic heterocycles. The molecule has 1 saturated carbocycles. The molecule has 0 bridgehead atoms. The number of carboxylic acids is 1. The van der Waals surface area contributed by atoms with Crippen LogP contribution in [-0.4, -0.2) is 23.0 Å². The lowest BCUT2D eigenvalue weighted by molar-refractivity contribution is -0.138. The number of ether oxygens (including phenoxy) is 1. The molecule has 0 radical (unpaired) electrons. The van der Waals surface area contributed by atoms with Crippen molar-refractivity contribution in [1.82, 2.24) is 0 Å². The Morgan fingerprint density at radius 1 is 1.45 bits per heavy atom. The zero-order valence-electron chi connectivity index (χ0n) is 11.4. The van der Waals surface area contributed by atoms with Crippen LogP contribution in [0.3, 0.4) is 0 Å². The highest BCUT2D eigenvalue weighted by Crippen LogP contribution is 2.41. The van der Waals surface area contributed by atoms with Crippen LogP contribution in [0.5, 0.6) is 5.75 Å². The van der Waals surface area contributed by atoms with E-state index in [0.29, 0.717) is 22.8 Å². The van der Waals surface area contributed by atoms with E-state index in [1.165, 1.54) is 0 Å². The summed E-state index contributed by atoms with van der Waals surface area (Å²) in [5.41, 5.74) is 0.445. The molecule has 4 nitrogen and oxygen atoms in total. The number of carbonyl (C=O) groups is 2. The van der Waals surface area contributed by atoms with Gasteiger partial charge in [0.25, 0.3) is 0 Å². The second-order valence-corrected chi connectivity index (χ2v) is 5.54. The number of hydrogen-bond acceptors (Lipinski definition) is 3. The molecule has 3 unspecified atom stereocenters. The maximum absolute atomic E-state index is 12.1. The largest absolute Gasteiger partial charge is 0.489 e. The minimum absolute atomic E-state index is 0.0499. The second-order valence-electron chi connectivity index (χ2n) is 5.13. The SMILES string of the molecule is CCC(C)Oc1ccc(C(=O)C2CC2C(=O)O)cc1Cl. The molecule has 1 aromatic carbocycles. The third-order valence-corrected chi connectivity index (χ3v) is 3.86. The quantitative estimate of drug-likeness (QED) is 0.817. The Balaban J connectivity index is 2.09. The summed E-state index contributed by atoms with van der Waals surface area (Å²) in [6, 6.07) is 4.86. The Morgan fingerprint density at radius 2 is 2.15 bits per heavy atom. The van der Waals surface area contributed by atoms with Gasteiger partial charge in [0.15, 0.2) is 5.78 Å². The number of ketones is 1. The molecule has 1 aromatic rings. The molecule has 1 aliphatic rings. The normalized spacial score (nSPS) is 22.1. The third kappa shape index (κ3) is 3.12. The van der Waals surface area contributed by atoms with E-state index in [1.807, 2.05) is 13.8 Å². The predicted molar refractivity (Wildman–Crippen MR) is 75.4 cm³/mol. The summed E-state index contributed by atoms with van der Waals surface area (Å²) in [6.07, 6.45) is 1.32. The summed E-state index contributed by atoms with van der Waals surface area (Å²) in [5.74, 6) is -1.48. The van der Waals surface area contributed by atoms with Crippen molar-refractivity contribution in [3.63, 3.8) is 0 Å². The molecule has 2 rings (SSSR count). The Morgan fingerprint density at radius 3 is 2.65 bits per heavy atom. The minimum atomic E-state index is -0.911. The van der Waals surface area contributed by atoms with Gasteiger partial charge >= 0.3 is 5.97 Å². The summed E-state index contributed by atoms with van der Waals surface area (Å²) in [4.78, 5) is 22.9. The first-order chi connectivity index (χ1) is 9.43. The topological polar surface area (TPSA) is 63.6 Å². The highest BCUT2D eigenvalue weighted by atomic mass is 35.5. The standard InChI is InChI=1S/C15H17ClO4/c1-3-8(2)20-13-5-4-9(6-12(13)16)14(17)10-7-11(10)15(18)19/h4-6,8,10-11H,3,7H2,1-2H3,(H,18,19). The molecular weight excluding hydrogens is 280 g/mol. The second kappa shape index (κ2) is 5.83. The maximum Gasteiger partial charge on any atom is 0.307 e. The fraction of sp³-hybridized carbons (Fsp3) is 0.467. The van der Waals surface area contributed by atoms with E-state index in [-0.39, 0.29) is 11.9 Å². The molecule has 0 heterocycles. The fourth-order valence-corrected chi connectivity index (χ4v) is 2.25. The van der Waals surface area contributed by atoms with Crippen LogP contribution >= 0.6 is 11.6 Å². The molecule has 0 aromatic heterocycles. The van der Waals surface area contributed by atoms with E-state index in [1.54, 1.807) is 18.2 Å². The van der Waals surface area contributed by atoms with Crippen molar-refractivity contribution in [1.29, 1.82) is 0 Å². The number of halogens is 1. The van der Waals surface area contributed by atoms with E-state index in [2.05, 4.69) is 0 Å².